The summed E-state index contributed by atoms with van der Waals surface area (Å²) < 4.78 is 13.4. The number of anilines is 1. The van der Waals surface area contributed by atoms with Crippen molar-refractivity contribution in [1.29, 1.82) is 0 Å². The Kier molecular flexibility index (Phi) is 2.82. The Morgan fingerprint density at radius 2 is 2.06 bits per heavy atom. The molecule has 2 N–H and O–H groups in total. The van der Waals surface area contributed by atoms with Crippen LogP contribution < -0.4 is 5.73 Å². The number of nitrogens with zero attached hydrogens (tertiary/aromatic N) is 2. The predicted octanol–water partition coefficient (Wildman–Crippen LogP) is 1.74. The zero-order valence-corrected chi connectivity index (χ0v) is 9.14. The van der Waals surface area contributed by atoms with E-state index >= 15 is 0 Å². The van der Waals surface area contributed by atoms with Crippen molar-refractivity contribution in [3.8, 4) is 0 Å². The smallest absolute Gasteiger partial charge is 0.218 e. The van der Waals surface area contributed by atoms with Crippen molar-refractivity contribution < 1.29 is 9.18 Å². The maximum atomic E-state index is 13.4. The van der Waals surface area contributed by atoms with Gasteiger partial charge in [-0.25, -0.2) is 14.4 Å². The standard InChI is InChI=1S/C12H10FN3O/c1-7-4-6-16-12(14)9(7)11(17)10-8(13)3-2-5-15-10/h2-6H,1H3,(H2,14,16). The summed E-state index contributed by atoms with van der Waals surface area (Å²) in [7, 11) is 0. The first-order valence-electron chi connectivity index (χ1n) is 4.97. The number of aryl methyl sites for hydroxylation is 1. The summed E-state index contributed by atoms with van der Waals surface area (Å²) in [6.07, 6.45) is 2.86. The molecule has 0 saturated carbocycles. The highest BCUT2D eigenvalue weighted by Gasteiger charge is 2.20. The van der Waals surface area contributed by atoms with Crippen molar-refractivity contribution in [2.24, 2.45) is 0 Å². The van der Waals surface area contributed by atoms with Crippen LogP contribution in [0.25, 0.3) is 0 Å². The van der Waals surface area contributed by atoms with Crippen molar-refractivity contribution in [2.45, 2.75) is 6.92 Å². The maximum absolute atomic E-state index is 13.4. The Hall–Kier alpha value is -2.30. The number of rotatable bonds is 2. The van der Waals surface area contributed by atoms with Crippen molar-refractivity contribution >= 4 is 11.6 Å². The highest BCUT2D eigenvalue weighted by molar-refractivity contribution is 6.11. The van der Waals surface area contributed by atoms with E-state index < -0.39 is 11.6 Å². The van der Waals surface area contributed by atoms with Crippen LogP contribution in [0.4, 0.5) is 10.2 Å². The third kappa shape index (κ3) is 1.99. The highest BCUT2D eigenvalue weighted by Crippen LogP contribution is 2.18. The minimum atomic E-state index is -0.667. The number of nitrogen functional groups attached to an aromatic ring is 1. The van der Waals surface area contributed by atoms with Crippen LogP contribution in [0.2, 0.25) is 0 Å². The molecule has 0 fully saturated rings. The van der Waals surface area contributed by atoms with Gasteiger partial charge < -0.3 is 5.73 Å². The second-order valence-electron chi connectivity index (χ2n) is 3.55. The van der Waals surface area contributed by atoms with Crippen LogP contribution in [-0.2, 0) is 0 Å². The number of ketones is 1. The molecule has 17 heavy (non-hydrogen) atoms. The zero-order chi connectivity index (χ0) is 12.4. The van der Waals surface area contributed by atoms with Crippen LogP contribution in [0.1, 0.15) is 21.6 Å². The monoisotopic (exact) mass is 231 g/mol. The van der Waals surface area contributed by atoms with Crippen LogP contribution in [0.5, 0.6) is 0 Å². The van der Waals surface area contributed by atoms with Crippen molar-refractivity contribution in [2.75, 3.05) is 5.73 Å². The molecule has 2 heterocycles. The van der Waals surface area contributed by atoms with E-state index in [1.807, 2.05) is 0 Å². The van der Waals surface area contributed by atoms with E-state index in [9.17, 15) is 9.18 Å². The van der Waals surface area contributed by atoms with E-state index in [2.05, 4.69) is 9.97 Å². The van der Waals surface area contributed by atoms with Gasteiger partial charge in [-0.3, -0.25) is 4.79 Å². The Balaban J connectivity index is 2.56. The molecule has 4 nitrogen and oxygen atoms in total. The van der Waals surface area contributed by atoms with Crippen LogP contribution in [0.15, 0.2) is 30.6 Å². The van der Waals surface area contributed by atoms with Crippen molar-refractivity contribution in [3.63, 3.8) is 0 Å². The molecule has 0 aliphatic rings. The Labute approximate surface area is 97.3 Å². The fraction of sp³-hybridized carbons (Fsp3) is 0.0833. The third-order valence-corrected chi connectivity index (χ3v) is 2.39. The highest BCUT2D eigenvalue weighted by atomic mass is 19.1. The molecule has 0 atom stereocenters. The minimum absolute atomic E-state index is 0.0834. The lowest BCUT2D eigenvalue weighted by Gasteiger charge is -2.07. The molecular formula is C12H10FN3O. The summed E-state index contributed by atoms with van der Waals surface area (Å²) in [4.78, 5) is 19.6. The Morgan fingerprint density at radius 3 is 2.71 bits per heavy atom. The molecule has 0 aromatic carbocycles. The van der Waals surface area contributed by atoms with Gasteiger partial charge in [0.15, 0.2) is 5.82 Å². The third-order valence-electron chi connectivity index (χ3n) is 2.39. The van der Waals surface area contributed by atoms with Gasteiger partial charge in [-0.2, -0.15) is 0 Å². The van der Waals surface area contributed by atoms with Gasteiger partial charge in [0, 0.05) is 12.4 Å². The summed E-state index contributed by atoms with van der Waals surface area (Å²) in [6, 6.07) is 4.25. The van der Waals surface area contributed by atoms with Gasteiger partial charge in [0.2, 0.25) is 5.78 Å². The van der Waals surface area contributed by atoms with Gasteiger partial charge >= 0.3 is 0 Å². The summed E-state index contributed by atoms with van der Waals surface area (Å²) in [6.45, 7) is 1.71. The van der Waals surface area contributed by atoms with Gasteiger partial charge in [-0.15, -0.1) is 0 Å². The van der Waals surface area contributed by atoms with E-state index in [0.717, 1.165) is 0 Å². The largest absolute Gasteiger partial charge is 0.383 e. The van der Waals surface area contributed by atoms with Crippen LogP contribution in [-0.4, -0.2) is 15.8 Å². The molecule has 0 bridgehead atoms. The number of nitrogens with two attached hydrogens (primary N) is 1. The number of carbonyl (C=O) groups excluding carboxylic acids is 1. The molecule has 0 radical (unpaired) electrons. The van der Waals surface area contributed by atoms with Crippen molar-refractivity contribution in [1.82, 2.24) is 9.97 Å². The SMILES string of the molecule is Cc1ccnc(N)c1C(=O)c1ncccc1F. The lowest BCUT2D eigenvalue weighted by Crippen LogP contribution is -2.12. The number of hydrogen-bond donors (Lipinski definition) is 1. The summed E-state index contributed by atoms with van der Waals surface area (Å²) in [5.74, 6) is -1.13. The van der Waals surface area contributed by atoms with E-state index in [1.165, 1.54) is 24.5 Å². The maximum Gasteiger partial charge on any atom is 0.218 e. The number of pyridine rings is 2. The molecule has 2 aromatic rings. The van der Waals surface area contributed by atoms with Crippen LogP contribution >= 0.6 is 0 Å². The molecule has 86 valence electrons. The second kappa shape index (κ2) is 4.29. The van der Waals surface area contributed by atoms with Gasteiger partial charge in [0.1, 0.15) is 11.5 Å². The fourth-order valence-corrected chi connectivity index (χ4v) is 1.55. The lowest BCUT2D eigenvalue weighted by atomic mass is 10.0. The van der Waals surface area contributed by atoms with E-state index in [0.29, 0.717) is 5.56 Å². The zero-order valence-electron chi connectivity index (χ0n) is 9.14. The fourth-order valence-electron chi connectivity index (χ4n) is 1.55. The summed E-state index contributed by atoms with van der Waals surface area (Å²) >= 11 is 0. The number of hydrogen-bond acceptors (Lipinski definition) is 4. The number of halogens is 1. The van der Waals surface area contributed by atoms with E-state index in [4.69, 9.17) is 5.73 Å². The van der Waals surface area contributed by atoms with Crippen LogP contribution in [0.3, 0.4) is 0 Å². The molecule has 0 spiro atoms. The topological polar surface area (TPSA) is 68.9 Å². The minimum Gasteiger partial charge on any atom is -0.383 e. The van der Waals surface area contributed by atoms with E-state index in [-0.39, 0.29) is 17.1 Å². The normalized spacial score (nSPS) is 10.2. The quantitative estimate of drug-likeness (QED) is 0.799. The summed E-state index contributed by atoms with van der Waals surface area (Å²) in [5, 5.41) is 0. The molecule has 0 aliphatic carbocycles. The van der Waals surface area contributed by atoms with Crippen molar-refractivity contribution in [3.05, 3.63) is 53.2 Å². The molecule has 2 aromatic heterocycles. The molecule has 2 rings (SSSR count). The molecule has 0 amide bonds. The van der Waals surface area contributed by atoms with Gasteiger partial charge in [-0.1, -0.05) is 0 Å². The first-order valence-corrected chi connectivity index (χ1v) is 4.97. The first kappa shape index (κ1) is 11.2. The number of aromatic nitrogens is 2. The Morgan fingerprint density at radius 1 is 1.29 bits per heavy atom. The molecule has 0 unspecified atom stereocenters. The molecule has 5 heteroatoms. The summed E-state index contributed by atoms with van der Waals surface area (Å²) in [5.41, 5.74) is 6.23. The number of carbonyl (C=O) groups is 1. The van der Waals surface area contributed by atoms with E-state index in [1.54, 1.807) is 13.0 Å². The molecule has 0 aliphatic heterocycles. The van der Waals surface area contributed by atoms with Gasteiger partial charge in [0.05, 0.1) is 5.56 Å². The van der Waals surface area contributed by atoms with Gasteiger partial charge in [0.25, 0.3) is 0 Å². The van der Waals surface area contributed by atoms with Gasteiger partial charge in [-0.05, 0) is 30.7 Å². The molecule has 0 saturated heterocycles. The molecular weight excluding hydrogens is 221 g/mol. The van der Waals surface area contributed by atoms with Crippen LogP contribution in [0, 0.1) is 12.7 Å². The average Bonchev–Trinajstić information content (AvgIpc) is 2.29. The lowest BCUT2D eigenvalue weighted by molar-refractivity contribution is 0.103. The predicted molar refractivity (Wildman–Crippen MR) is 61.0 cm³/mol. The average molecular weight is 231 g/mol. The Bertz CT molecular complexity index is 563. The first-order chi connectivity index (χ1) is 8.11. The second-order valence-corrected chi connectivity index (χ2v) is 3.55.